The van der Waals surface area contributed by atoms with E-state index in [0.29, 0.717) is 27.1 Å². The van der Waals surface area contributed by atoms with Gasteiger partial charge in [0.05, 0.1) is 17.8 Å². The van der Waals surface area contributed by atoms with E-state index in [1.165, 1.54) is 57.4 Å². The van der Waals surface area contributed by atoms with Gasteiger partial charge in [-0.3, -0.25) is 14.0 Å². The normalized spacial score (nSPS) is 10.9. The van der Waals surface area contributed by atoms with Crippen molar-refractivity contribution in [3.63, 3.8) is 0 Å². The molecule has 0 saturated heterocycles. The number of esters is 1. The molecule has 0 bridgehead atoms. The molecule has 1 aromatic carbocycles. The number of halogens is 1. The van der Waals surface area contributed by atoms with Gasteiger partial charge in [-0.15, -0.1) is 22.7 Å². The van der Waals surface area contributed by atoms with Gasteiger partial charge in [-0.2, -0.15) is 0 Å². The number of hydrogen-bond donors (Lipinski definition) is 0. The lowest BCUT2D eigenvalue weighted by atomic mass is 10.3. The number of fused-ring (bicyclic) bond motifs is 1. The minimum absolute atomic E-state index is 0.00722. The van der Waals surface area contributed by atoms with E-state index >= 15 is 0 Å². The third-order valence-corrected chi connectivity index (χ3v) is 5.47. The summed E-state index contributed by atoms with van der Waals surface area (Å²) in [6, 6.07) is 7.06. The van der Waals surface area contributed by atoms with Crippen LogP contribution < -0.4 is 10.3 Å². The first-order chi connectivity index (χ1) is 14.1. The van der Waals surface area contributed by atoms with Gasteiger partial charge in [-0.05, 0) is 24.3 Å². The Balaban J connectivity index is 1.29. The summed E-state index contributed by atoms with van der Waals surface area (Å²) < 4.78 is 25.1. The molecule has 0 N–H and O–H groups in total. The summed E-state index contributed by atoms with van der Waals surface area (Å²) in [7, 11) is 0. The second-order valence-electron chi connectivity index (χ2n) is 5.95. The Kier molecular flexibility index (Phi) is 5.63. The standard InChI is InChI=1S/C19H14FN3O4S2/c20-12-1-3-15(4-2-12)26-10-16-21-14(11-29-16)8-18(25)27-9-13-7-17(24)23-5-6-28-19(23)22-13/h1-7,11H,8-10H2. The Morgan fingerprint density at radius 3 is 2.76 bits per heavy atom. The molecule has 7 nitrogen and oxygen atoms in total. The molecule has 4 rings (SSSR count). The Hall–Kier alpha value is -3.11. The van der Waals surface area contributed by atoms with Crippen LogP contribution in [0.5, 0.6) is 5.75 Å². The van der Waals surface area contributed by atoms with Gasteiger partial charge in [0.15, 0.2) is 4.96 Å². The van der Waals surface area contributed by atoms with Crippen LogP contribution in [0.15, 0.2) is 52.1 Å². The summed E-state index contributed by atoms with van der Waals surface area (Å²) in [5, 5.41) is 4.21. The van der Waals surface area contributed by atoms with E-state index in [4.69, 9.17) is 9.47 Å². The van der Waals surface area contributed by atoms with E-state index in [1.54, 1.807) is 17.0 Å². The molecular weight excluding hydrogens is 417 g/mol. The molecule has 0 aliphatic carbocycles. The van der Waals surface area contributed by atoms with Gasteiger partial charge in [-0.25, -0.2) is 14.4 Å². The van der Waals surface area contributed by atoms with Crippen molar-refractivity contribution >= 4 is 33.6 Å². The van der Waals surface area contributed by atoms with E-state index in [1.807, 2.05) is 0 Å². The zero-order valence-corrected chi connectivity index (χ0v) is 16.5. The van der Waals surface area contributed by atoms with E-state index in [2.05, 4.69) is 9.97 Å². The average molecular weight is 431 g/mol. The monoisotopic (exact) mass is 431 g/mol. The first kappa shape index (κ1) is 19.2. The van der Waals surface area contributed by atoms with Crippen molar-refractivity contribution in [3.8, 4) is 5.75 Å². The van der Waals surface area contributed by atoms with Crippen LogP contribution in [-0.4, -0.2) is 20.3 Å². The minimum atomic E-state index is -0.463. The number of carbonyl (C=O) groups is 1. The lowest BCUT2D eigenvalue weighted by Crippen LogP contribution is -2.15. The third-order valence-electron chi connectivity index (χ3n) is 3.84. The molecule has 0 unspecified atom stereocenters. The van der Waals surface area contributed by atoms with Gasteiger partial charge in [-0.1, -0.05) is 0 Å². The van der Waals surface area contributed by atoms with Crippen LogP contribution in [0.3, 0.4) is 0 Å². The minimum Gasteiger partial charge on any atom is -0.486 e. The van der Waals surface area contributed by atoms with Crippen LogP contribution in [0.1, 0.15) is 16.4 Å². The van der Waals surface area contributed by atoms with Crippen LogP contribution in [0.25, 0.3) is 4.96 Å². The highest BCUT2D eigenvalue weighted by atomic mass is 32.1. The van der Waals surface area contributed by atoms with Crippen LogP contribution >= 0.6 is 22.7 Å². The number of rotatable bonds is 7. The molecule has 0 amide bonds. The molecule has 0 aliphatic heterocycles. The molecule has 10 heteroatoms. The summed E-state index contributed by atoms with van der Waals surface area (Å²) >= 11 is 2.69. The summed E-state index contributed by atoms with van der Waals surface area (Å²) in [5.74, 6) is -0.258. The number of ether oxygens (including phenoxy) is 2. The quantitative estimate of drug-likeness (QED) is 0.418. The van der Waals surface area contributed by atoms with Crippen molar-refractivity contribution < 1.29 is 18.7 Å². The van der Waals surface area contributed by atoms with Gasteiger partial charge < -0.3 is 9.47 Å². The molecule has 3 heterocycles. The Labute approximate surface area is 172 Å². The fourth-order valence-corrected chi connectivity index (χ4v) is 3.93. The maximum Gasteiger partial charge on any atom is 0.312 e. The lowest BCUT2D eigenvalue weighted by molar-refractivity contribution is -0.144. The first-order valence-corrected chi connectivity index (χ1v) is 10.3. The maximum atomic E-state index is 12.9. The van der Waals surface area contributed by atoms with Crippen LogP contribution in [0.2, 0.25) is 0 Å². The van der Waals surface area contributed by atoms with Crippen molar-refractivity contribution in [3.05, 3.63) is 79.9 Å². The zero-order chi connectivity index (χ0) is 20.2. The topological polar surface area (TPSA) is 82.8 Å². The third kappa shape index (κ3) is 4.84. The Bertz CT molecular complexity index is 1200. The highest BCUT2D eigenvalue weighted by molar-refractivity contribution is 7.15. The summed E-state index contributed by atoms with van der Waals surface area (Å²) in [6.45, 7) is 0.146. The first-order valence-electron chi connectivity index (χ1n) is 8.50. The van der Waals surface area contributed by atoms with Crippen molar-refractivity contribution in [2.45, 2.75) is 19.6 Å². The predicted octanol–water partition coefficient (Wildman–Crippen LogP) is 3.22. The Morgan fingerprint density at radius 2 is 1.93 bits per heavy atom. The zero-order valence-electron chi connectivity index (χ0n) is 14.9. The smallest absolute Gasteiger partial charge is 0.312 e. The number of benzene rings is 1. The molecule has 3 aromatic heterocycles. The summed E-state index contributed by atoms with van der Waals surface area (Å²) in [6.07, 6.45) is 1.65. The summed E-state index contributed by atoms with van der Waals surface area (Å²) in [4.78, 5) is 33.2. The van der Waals surface area contributed by atoms with Crippen molar-refractivity contribution in [1.82, 2.24) is 14.4 Å². The molecule has 0 fully saturated rings. The van der Waals surface area contributed by atoms with Crippen LogP contribution in [0.4, 0.5) is 4.39 Å². The fourth-order valence-electron chi connectivity index (χ4n) is 2.49. The number of thiazole rings is 2. The second kappa shape index (κ2) is 8.50. The average Bonchev–Trinajstić information content (AvgIpc) is 3.35. The molecule has 0 radical (unpaired) electrons. The second-order valence-corrected chi connectivity index (χ2v) is 7.77. The predicted molar refractivity (Wildman–Crippen MR) is 106 cm³/mol. The number of carbonyl (C=O) groups excluding carboxylic acids is 1. The molecule has 29 heavy (non-hydrogen) atoms. The highest BCUT2D eigenvalue weighted by Crippen LogP contribution is 2.16. The van der Waals surface area contributed by atoms with Gasteiger partial charge in [0.25, 0.3) is 5.56 Å². The van der Waals surface area contributed by atoms with E-state index in [-0.39, 0.29) is 31.0 Å². The van der Waals surface area contributed by atoms with Crippen LogP contribution in [0, 0.1) is 5.82 Å². The molecule has 148 valence electrons. The van der Waals surface area contributed by atoms with E-state index in [0.717, 1.165) is 0 Å². The maximum absolute atomic E-state index is 12.9. The van der Waals surface area contributed by atoms with Crippen molar-refractivity contribution in [1.29, 1.82) is 0 Å². The largest absolute Gasteiger partial charge is 0.486 e. The van der Waals surface area contributed by atoms with Crippen molar-refractivity contribution in [2.24, 2.45) is 0 Å². The molecular formula is C19H14FN3O4S2. The van der Waals surface area contributed by atoms with Gasteiger partial charge in [0.1, 0.15) is 29.8 Å². The number of nitrogens with zero attached hydrogens (tertiary/aromatic N) is 3. The van der Waals surface area contributed by atoms with Crippen molar-refractivity contribution in [2.75, 3.05) is 0 Å². The van der Waals surface area contributed by atoms with Gasteiger partial charge >= 0.3 is 5.97 Å². The molecule has 0 atom stereocenters. The molecule has 0 saturated carbocycles. The SMILES string of the molecule is O=C(Cc1csc(COc2ccc(F)cc2)n1)OCc1cc(=O)n2ccsc2n1. The highest BCUT2D eigenvalue weighted by Gasteiger charge is 2.11. The molecule has 0 aliphatic rings. The number of hydrogen-bond acceptors (Lipinski definition) is 8. The van der Waals surface area contributed by atoms with Gasteiger partial charge in [0.2, 0.25) is 0 Å². The van der Waals surface area contributed by atoms with Crippen LogP contribution in [-0.2, 0) is 29.2 Å². The molecule has 0 spiro atoms. The molecule has 4 aromatic rings. The fraction of sp³-hybridized carbons (Fsp3) is 0.158. The van der Waals surface area contributed by atoms with E-state index < -0.39 is 5.97 Å². The van der Waals surface area contributed by atoms with E-state index in [9.17, 15) is 14.0 Å². The number of aromatic nitrogens is 3. The Morgan fingerprint density at radius 1 is 1.10 bits per heavy atom. The van der Waals surface area contributed by atoms with Gasteiger partial charge in [0, 0.05) is 23.0 Å². The summed E-state index contributed by atoms with van der Waals surface area (Å²) in [5.41, 5.74) is 0.754. The lowest BCUT2D eigenvalue weighted by Gasteiger charge is -2.04.